The molecular weight excluding hydrogens is 312 g/mol. The third-order valence-electron chi connectivity index (χ3n) is 3.04. The van der Waals surface area contributed by atoms with Gasteiger partial charge < -0.3 is 15.2 Å². The van der Waals surface area contributed by atoms with Crippen molar-refractivity contribution in [2.75, 3.05) is 0 Å². The highest BCUT2D eigenvalue weighted by atomic mass is 16.5. The van der Waals surface area contributed by atoms with Gasteiger partial charge in [-0.05, 0) is 19.9 Å². The average molecular weight is 332 g/mol. The molecule has 128 valence electrons. The lowest BCUT2D eigenvalue weighted by Gasteiger charge is -2.13. The van der Waals surface area contributed by atoms with Crippen LogP contribution in [0.15, 0.2) is 30.5 Å². The molecular formula is C16H20N4O4. The van der Waals surface area contributed by atoms with E-state index >= 15 is 0 Å². The van der Waals surface area contributed by atoms with Crippen LogP contribution in [-0.4, -0.2) is 38.1 Å². The molecule has 0 saturated heterocycles. The number of benzene rings is 1. The molecule has 1 heterocycles. The van der Waals surface area contributed by atoms with Gasteiger partial charge in [-0.3, -0.25) is 9.59 Å². The molecule has 2 rings (SSSR count). The maximum absolute atomic E-state index is 12.1. The minimum Gasteiger partial charge on any atom is -0.491 e. The van der Waals surface area contributed by atoms with E-state index in [-0.39, 0.29) is 31.5 Å². The zero-order chi connectivity index (χ0) is 17.5. The third kappa shape index (κ3) is 5.38. The van der Waals surface area contributed by atoms with Crippen molar-refractivity contribution in [3.63, 3.8) is 0 Å². The number of aliphatic carboxylic acids is 1. The van der Waals surface area contributed by atoms with Gasteiger partial charge in [-0.2, -0.15) is 0 Å². The van der Waals surface area contributed by atoms with Crippen molar-refractivity contribution in [2.24, 2.45) is 0 Å². The Morgan fingerprint density at radius 2 is 2.08 bits per heavy atom. The first-order valence-electron chi connectivity index (χ1n) is 7.56. The molecule has 1 amide bonds. The molecule has 0 aliphatic rings. The number of carboxylic acid groups (broad SMARTS) is 1. The zero-order valence-electron chi connectivity index (χ0n) is 13.6. The minimum atomic E-state index is -1.00. The fourth-order valence-electron chi connectivity index (χ4n) is 2.08. The number of hydrogen-bond donors (Lipinski definition) is 2. The summed E-state index contributed by atoms with van der Waals surface area (Å²) < 4.78 is 6.89. The minimum absolute atomic E-state index is 0.0264. The van der Waals surface area contributed by atoms with E-state index in [9.17, 15) is 9.59 Å². The number of nitrogens with one attached hydrogen (secondary N) is 1. The second kappa shape index (κ2) is 8.09. The maximum Gasteiger partial charge on any atom is 0.325 e. The van der Waals surface area contributed by atoms with Crippen LogP contribution < -0.4 is 10.1 Å². The molecule has 2 N–H and O–H groups in total. The van der Waals surface area contributed by atoms with Gasteiger partial charge in [-0.25, -0.2) is 4.68 Å². The largest absolute Gasteiger partial charge is 0.491 e. The Morgan fingerprint density at radius 3 is 2.79 bits per heavy atom. The van der Waals surface area contributed by atoms with Crippen LogP contribution in [0.25, 0.3) is 0 Å². The summed E-state index contributed by atoms with van der Waals surface area (Å²) in [5.74, 6) is -0.491. The predicted octanol–water partition coefficient (Wildman–Crippen LogP) is 1.01. The monoisotopic (exact) mass is 332 g/mol. The molecule has 0 bridgehead atoms. The van der Waals surface area contributed by atoms with E-state index in [1.807, 2.05) is 38.1 Å². The van der Waals surface area contributed by atoms with Crippen LogP contribution in [0.5, 0.6) is 5.75 Å². The highest BCUT2D eigenvalue weighted by Crippen LogP contribution is 2.19. The van der Waals surface area contributed by atoms with Crippen LogP contribution in [0.4, 0.5) is 0 Å². The van der Waals surface area contributed by atoms with Gasteiger partial charge in [-0.15, -0.1) is 5.10 Å². The summed E-state index contributed by atoms with van der Waals surface area (Å²) >= 11 is 0. The molecule has 1 aromatic carbocycles. The number of nitrogens with zero attached hydrogens (tertiary/aromatic N) is 3. The Labute approximate surface area is 139 Å². The van der Waals surface area contributed by atoms with Crippen molar-refractivity contribution in [3.8, 4) is 5.75 Å². The highest BCUT2D eigenvalue weighted by Gasteiger charge is 2.11. The van der Waals surface area contributed by atoms with Gasteiger partial charge in [-0.1, -0.05) is 23.4 Å². The number of carbonyl (C=O) groups excluding carboxylic acids is 1. The number of carbonyl (C=O) groups is 2. The summed E-state index contributed by atoms with van der Waals surface area (Å²) in [6.07, 6.45) is 1.70. The normalized spacial score (nSPS) is 10.6. The number of carboxylic acids is 1. The van der Waals surface area contributed by atoms with E-state index in [1.165, 1.54) is 10.9 Å². The van der Waals surface area contributed by atoms with Crippen LogP contribution in [0, 0.1) is 0 Å². The van der Waals surface area contributed by atoms with Crippen LogP contribution >= 0.6 is 0 Å². The second-order valence-electron chi connectivity index (χ2n) is 5.53. The highest BCUT2D eigenvalue weighted by molar-refractivity contribution is 5.79. The lowest BCUT2D eigenvalue weighted by Crippen LogP contribution is -2.25. The molecule has 0 aliphatic heterocycles. The Bertz CT molecular complexity index is 712. The molecule has 24 heavy (non-hydrogen) atoms. The standard InChI is InChI=1S/C16H20N4O4/c1-11(2)24-14-6-4-3-5-12(14)7-15(21)17-8-13-9-20(19-18-13)10-16(22)23/h3-6,9,11H,7-8,10H2,1-2H3,(H,17,21)(H,22,23). The number of para-hydroxylation sites is 1. The molecule has 0 atom stereocenters. The third-order valence-corrected chi connectivity index (χ3v) is 3.04. The molecule has 2 aromatic rings. The van der Waals surface area contributed by atoms with E-state index in [0.29, 0.717) is 11.4 Å². The molecule has 0 unspecified atom stereocenters. The quantitative estimate of drug-likeness (QED) is 0.747. The van der Waals surface area contributed by atoms with Crippen molar-refractivity contribution in [1.82, 2.24) is 20.3 Å². The Morgan fingerprint density at radius 1 is 1.33 bits per heavy atom. The van der Waals surface area contributed by atoms with Gasteiger partial charge >= 0.3 is 5.97 Å². The maximum atomic E-state index is 12.1. The van der Waals surface area contributed by atoms with Crippen LogP contribution in [0.1, 0.15) is 25.1 Å². The van der Waals surface area contributed by atoms with Gasteiger partial charge in [0.05, 0.1) is 25.3 Å². The first-order valence-corrected chi connectivity index (χ1v) is 7.56. The molecule has 1 aromatic heterocycles. The van der Waals surface area contributed by atoms with Gasteiger partial charge in [0.1, 0.15) is 18.0 Å². The predicted molar refractivity (Wildman–Crippen MR) is 85.4 cm³/mol. The lowest BCUT2D eigenvalue weighted by atomic mass is 10.1. The zero-order valence-corrected chi connectivity index (χ0v) is 13.6. The lowest BCUT2D eigenvalue weighted by molar-refractivity contribution is -0.138. The van der Waals surface area contributed by atoms with Crippen molar-refractivity contribution < 1.29 is 19.4 Å². The number of ether oxygens (including phenoxy) is 1. The molecule has 0 fully saturated rings. The van der Waals surface area contributed by atoms with Crippen molar-refractivity contribution in [3.05, 3.63) is 41.7 Å². The number of hydrogen-bond acceptors (Lipinski definition) is 5. The first kappa shape index (κ1) is 17.5. The Balaban J connectivity index is 1.89. The Hall–Kier alpha value is -2.90. The molecule has 0 spiro atoms. The molecule has 8 nitrogen and oxygen atoms in total. The molecule has 0 aliphatic carbocycles. The van der Waals surface area contributed by atoms with Gasteiger partial charge in [0, 0.05) is 5.56 Å². The van der Waals surface area contributed by atoms with E-state index in [1.54, 1.807) is 0 Å². The van der Waals surface area contributed by atoms with E-state index in [4.69, 9.17) is 9.84 Å². The van der Waals surface area contributed by atoms with Crippen molar-refractivity contribution in [2.45, 2.75) is 39.5 Å². The van der Waals surface area contributed by atoms with Crippen LogP contribution in [0.3, 0.4) is 0 Å². The fourth-order valence-corrected chi connectivity index (χ4v) is 2.08. The SMILES string of the molecule is CC(C)Oc1ccccc1CC(=O)NCc1cn(CC(=O)O)nn1. The summed E-state index contributed by atoms with van der Waals surface area (Å²) in [7, 11) is 0. The van der Waals surface area contributed by atoms with Crippen LogP contribution in [0.2, 0.25) is 0 Å². The summed E-state index contributed by atoms with van der Waals surface area (Å²) in [4.78, 5) is 22.7. The summed E-state index contributed by atoms with van der Waals surface area (Å²) in [5, 5.41) is 18.9. The van der Waals surface area contributed by atoms with Crippen molar-refractivity contribution >= 4 is 11.9 Å². The smallest absolute Gasteiger partial charge is 0.325 e. The van der Waals surface area contributed by atoms with E-state index in [2.05, 4.69) is 15.6 Å². The average Bonchev–Trinajstić information content (AvgIpc) is 2.93. The number of aromatic nitrogens is 3. The van der Waals surface area contributed by atoms with E-state index in [0.717, 1.165) is 5.56 Å². The topological polar surface area (TPSA) is 106 Å². The second-order valence-corrected chi connectivity index (χ2v) is 5.53. The van der Waals surface area contributed by atoms with Gasteiger partial charge in [0.25, 0.3) is 0 Å². The first-order chi connectivity index (χ1) is 11.4. The number of rotatable bonds is 8. The van der Waals surface area contributed by atoms with E-state index < -0.39 is 5.97 Å². The molecule has 0 saturated carbocycles. The van der Waals surface area contributed by atoms with Gasteiger partial charge in [0.2, 0.25) is 5.91 Å². The number of amides is 1. The summed E-state index contributed by atoms with van der Waals surface area (Å²) in [6.45, 7) is 3.78. The Kier molecular flexibility index (Phi) is 5.89. The summed E-state index contributed by atoms with van der Waals surface area (Å²) in [6, 6.07) is 7.40. The van der Waals surface area contributed by atoms with Gasteiger partial charge in [0.15, 0.2) is 0 Å². The fraction of sp³-hybridized carbons (Fsp3) is 0.375. The van der Waals surface area contributed by atoms with Crippen LogP contribution in [-0.2, 0) is 29.1 Å². The molecule has 8 heteroatoms. The summed E-state index contributed by atoms with van der Waals surface area (Å²) in [5.41, 5.74) is 1.30. The molecule has 0 radical (unpaired) electrons. The van der Waals surface area contributed by atoms with Crippen molar-refractivity contribution in [1.29, 1.82) is 0 Å².